The molecule has 0 saturated carbocycles. The molecule has 0 spiro atoms. The fourth-order valence-corrected chi connectivity index (χ4v) is 4.19. The second-order valence-corrected chi connectivity index (χ2v) is 7.81. The van der Waals surface area contributed by atoms with Crippen LogP contribution in [0.15, 0.2) is 64.3 Å². The van der Waals surface area contributed by atoms with Crippen molar-refractivity contribution in [2.24, 2.45) is 0 Å². The Morgan fingerprint density at radius 2 is 1.85 bits per heavy atom. The maximum absolute atomic E-state index is 12.5. The van der Waals surface area contributed by atoms with Crippen molar-refractivity contribution in [1.29, 1.82) is 0 Å². The smallest absolute Gasteiger partial charge is 0.231 e. The first-order chi connectivity index (χ1) is 12.7. The highest BCUT2D eigenvalue weighted by molar-refractivity contribution is 8.01. The molecule has 1 amide bonds. The standard InChI is InChI=1S/C20H20N2O2S2/c1-14-12-25-20(21-14)26-13-18(23)22-19(15-6-4-3-5-7-15)16-8-10-17(24-2)11-9-16/h3-12,19H,13H2,1-2H3,(H,22,23)/t19-/m0/s1. The molecule has 0 unspecified atom stereocenters. The van der Waals surface area contributed by atoms with Crippen LogP contribution in [-0.2, 0) is 4.79 Å². The Hall–Kier alpha value is -2.31. The second kappa shape index (κ2) is 8.87. The van der Waals surface area contributed by atoms with Crippen LogP contribution in [0, 0.1) is 6.92 Å². The van der Waals surface area contributed by atoms with Crippen molar-refractivity contribution in [3.63, 3.8) is 0 Å². The number of thioether (sulfide) groups is 1. The summed E-state index contributed by atoms with van der Waals surface area (Å²) in [5.74, 6) is 1.11. The maximum Gasteiger partial charge on any atom is 0.231 e. The predicted octanol–water partition coefficient (Wildman–Crippen LogP) is 4.46. The molecule has 1 N–H and O–H groups in total. The molecule has 0 bridgehead atoms. The van der Waals surface area contributed by atoms with Gasteiger partial charge in [0.05, 0.1) is 18.9 Å². The number of methoxy groups -OCH3 is 1. The van der Waals surface area contributed by atoms with E-state index in [1.54, 1.807) is 18.4 Å². The molecule has 1 aromatic heterocycles. The van der Waals surface area contributed by atoms with E-state index in [1.165, 1.54) is 11.8 Å². The average Bonchev–Trinajstić information content (AvgIpc) is 3.10. The van der Waals surface area contributed by atoms with Crippen LogP contribution in [0.25, 0.3) is 0 Å². The van der Waals surface area contributed by atoms with Crippen molar-refractivity contribution in [3.8, 4) is 5.75 Å². The van der Waals surface area contributed by atoms with Gasteiger partial charge < -0.3 is 10.1 Å². The number of aromatic nitrogens is 1. The SMILES string of the molecule is COc1ccc([C@@H](NC(=O)CSc2nc(C)cs2)c2ccccc2)cc1. The molecule has 4 nitrogen and oxygen atoms in total. The van der Waals surface area contributed by atoms with E-state index >= 15 is 0 Å². The van der Waals surface area contributed by atoms with Gasteiger partial charge in [0.2, 0.25) is 5.91 Å². The first-order valence-electron chi connectivity index (χ1n) is 8.19. The van der Waals surface area contributed by atoms with Gasteiger partial charge >= 0.3 is 0 Å². The molecule has 1 heterocycles. The quantitative estimate of drug-likeness (QED) is 0.611. The van der Waals surface area contributed by atoms with E-state index in [4.69, 9.17) is 4.74 Å². The maximum atomic E-state index is 12.5. The Morgan fingerprint density at radius 1 is 1.15 bits per heavy atom. The minimum atomic E-state index is -0.201. The number of hydrogen-bond donors (Lipinski definition) is 1. The van der Waals surface area contributed by atoms with Crippen molar-refractivity contribution in [2.75, 3.05) is 12.9 Å². The number of carbonyl (C=O) groups is 1. The topological polar surface area (TPSA) is 51.2 Å². The van der Waals surface area contributed by atoms with Gasteiger partial charge in [0, 0.05) is 11.1 Å². The predicted molar refractivity (Wildman–Crippen MR) is 107 cm³/mol. The number of rotatable bonds is 7. The summed E-state index contributed by atoms with van der Waals surface area (Å²) in [6, 6.07) is 17.5. The van der Waals surface area contributed by atoms with E-state index in [9.17, 15) is 4.79 Å². The second-order valence-electron chi connectivity index (χ2n) is 5.73. The lowest BCUT2D eigenvalue weighted by Gasteiger charge is -2.20. The molecule has 3 rings (SSSR count). The molecule has 0 fully saturated rings. The summed E-state index contributed by atoms with van der Waals surface area (Å²) < 4.78 is 6.14. The lowest BCUT2D eigenvalue weighted by atomic mass is 9.98. The van der Waals surface area contributed by atoms with E-state index in [2.05, 4.69) is 10.3 Å². The minimum Gasteiger partial charge on any atom is -0.497 e. The van der Waals surface area contributed by atoms with E-state index in [1.807, 2.05) is 66.9 Å². The zero-order valence-corrected chi connectivity index (χ0v) is 16.3. The Kier molecular flexibility index (Phi) is 6.30. The van der Waals surface area contributed by atoms with Crippen molar-refractivity contribution < 1.29 is 9.53 Å². The average molecular weight is 385 g/mol. The molecule has 1 atom stereocenters. The normalized spacial score (nSPS) is 11.8. The van der Waals surface area contributed by atoms with Crippen LogP contribution < -0.4 is 10.1 Å². The van der Waals surface area contributed by atoms with Gasteiger partial charge in [-0.25, -0.2) is 4.98 Å². The van der Waals surface area contributed by atoms with Crippen LogP contribution in [-0.4, -0.2) is 23.8 Å². The first-order valence-corrected chi connectivity index (χ1v) is 10.1. The molecule has 0 radical (unpaired) electrons. The summed E-state index contributed by atoms with van der Waals surface area (Å²) in [6.07, 6.45) is 0. The highest BCUT2D eigenvalue weighted by Crippen LogP contribution is 2.26. The Balaban J connectivity index is 1.73. The zero-order chi connectivity index (χ0) is 18.4. The Morgan fingerprint density at radius 3 is 2.46 bits per heavy atom. The molecule has 0 aliphatic carbocycles. The van der Waals surface area contributed by atoms with E-state index in [0.717, 1.165) is 26.9 Å². The monoisotopic (exact) mass is 384 g/mol. The third kappa shape index (κ3) is 4.86. The number of aryl methyl sites for hydroxylation is 1. The van der Waals surface area contributed by atoms with Gasteiger partial charge in [0.1, 0.15) is 5.75 Å². The molecule has 0 aliphatic heterocycles. The molecular weight excluding hydrogens is 364 g/mol. The molecule has 0 aliphatic rings. The number of nitrogens with one attached hydrogen (secondary N) is 1. The van der Waals surface area contributed by atoms with E-state index in [-0.39, 0.29) is 11.9 Å². The number of amides is 1. The minimum absolute atomic E-state index is 0.0208. The number of thiazole rings is 1. The van der Waals surface area contributed by atoms with Crippen LogP contribution in [0.2, 0.25) is 0 Å². The Labute approximate surface area is 161 Å². The van der Waals surface area contributed by atoms with Gasteiger partial charge in [-0.1, -0.05) is 54.2 Å². The van der Waals surface area contributed by atoms with Crippen molar-refractivity contribution >= 4 is 29.0 Å². The van der Waals surface area contributed by atoms with Crippen LogP contribution in [0.4, 0.5) is 0 Å². The van der Waals surface area contributed by atoms with Gasteiger partial charge in [-0.3, -0.25) is 4.79 Å². The van der Waals surface area contributed by atoms with Crippen molar-refractivity contribution in [2.45, 2.75) is 17.3 Å². The van der Waals surface area contributed by atoms with Crippen molar-refractivity contribution in [1.82, 2.24) is 10.3 Å². The van der Waals surface area contributed by atoms with Crippen LogP contribution in [0.5, 0.6) is 5.75 Å². The fraction of sp³-hybridized carbons (Fsp3) is 0.200. The highest BCUT2D eigenvalue weighted by atomic mass is 32.2. The lowest BCUT2D eigenvalue weighted by Crippen LogP contribution is -2.30. The van der Waals surface area contributed by atoms with Crippen LogP contribution >= 0.6 is 23.1 Å². The van der Waals surface area contributed by atoms with Gasteiger partial charge in [-0.05, 0) is 30.2 Å². The molecule has 6 heteroatoms. The zero-order valence-electron chi connectivity index (χ0n) is 14.6. The lowest BCUT2D eigenvalue weighted by molar-refractivity contribution is -0.119. The largest absolute Gasteiger partial charge is 0.497 e. The molecule has 134 valence electrons. The third-order valence-electron chi connectivity index (χ3n) is 3.81. The third-order valence-corrected chi connectivity index (χ3v) is 5.95. The molecule has 3 aromatic rings. The number of hydrogen-bond acceptors (Lipinski definition) is 5. The van der Waals surface area contributed by atoms with E-state index in [0.29, 0.717) is 5.75 Å². The van der Waals surface area contributed by atoms with Crippen LogP contribution in [0.1, 0.15) is 22.9 Å². The van der Waals surface area contributed by atoms with Gasteiger partial charge in [0.15, 0.2) is 4.34 Å². The van der Waals surface area contributed by atoms with Gasteiger partial charge in [0.25, 0.3) is 0 Å². The molecule has 0 saturated heterocycles. The van der Waals surface area contributed by atoms with Gasteiger partial charge in [-0.15, -0.1) is 11.3 Å². The summed E-state index contributed by atoms with van der Waals surface area (Å²) in [6.45, 7) is 1.95. The summed E-state index contributed by atoms with van der Waals surface area (Å²) >= 11 is 3.03. The summed E-state index contributed by atoms with van der Waals surface area (Å²) in [4.78, 5) is 16.9. The fourth-order valence-electron chi connectivity index (χ4n) is 2.53. The van der Waals surface area contributed by atoms with E-state index < -0.39 is 0 Å². The van der Waals surface area contributed by atoms with Gasteiger partial charge in [-0.2, -0.15) is 0 Å². The number of nitrogens with zero attached hydrogens (tertiary/aromatic N) is 1. The number of benzene rings is 2. The van der Waals surface area contributed by atoms with Crippen molar-refractivity contribution in [3.05, 3.63) is 76.8 Å². The summed E-state index contributed by atoms with van der Waals surface area (Å²) in [5.41, 5.74) is 3.04. The van der Waals surface area contributed by atoms with Crippen LogP contribution in [0.3, 0.4) is 0 Å². The summed E-state index contributed by atoms with van der Waals surface area (Å²) in [7, 11) is 1.64. The molecule has 26 heavy (non-hydrogen) atoms. The Bertz CT molecular complexity index is 848. The first kappa shape index (κ1) is 18.5. The number of carbonyl (C=O) groups excluding carboxylic acids is 1. The number of ether oxygens (including phenoxy) is 1. The summed E-state index contributed by atoms with van der Waals surface area (Å²) in [5, 5.41) is 5.13. The molecular formula is C20H20N2O2S2. The highest BCUT2D eigenvalue weighted by Gasteiger charge is 2.17. The molecule has 2 aromatic carbocycles.